The molecule has 236 valence electrons. The Balaban J connectivity index is 1.13. The molecule has 0 saturated heterocycles. The zero-order valence-electron chi connectivity index (χ0n) is 24.9. The first-order chi connectivity index (χ1) is 21.9. The maximum atomic E-state index is 13.4. The van der Waals surface area contributed by atoms with Crippen molar-refractivity contribution < 1.29 is 33.4 Å². The highest BCUT2D eigenvalue weighted by Gasteiger charge is 2.33. The number of fused-ring (bicyclic) bond motifs is 1. The van der Waals surface area contributed by atoms with Crippen LogP contribution in [0.1, 0.15) is 49.5 Å². The molecule has 3 aromatic rings. The van der Waals surface area contributed by atoms with Gasteiger partial charge in [-0.25, -0.2) is 0 Å². The van der Waals surface area contributed by atoms with E-state index >= 15 is 0 Å². The molecule has 1 aliphatic carbocycles. The summed E-state index contributed by atoms with van der Waals surface area (Å²) in [4.78, 5) is 52.4. The van der Waals surface area contributed by atoms with Gasteiger partial charge < -0.3 is 40.8 Å². The van der Waals surface area contributed by atoms with Gasteiger partial charge in [0.25, 0.3) is 23.6 Å². The van der Waals surface area contributed by atoms with Crippen LogP contribution in [0.3, 0.4) is 0 Å². The summed E-state index contributed by atoms with van der Waals surface area (Å²) in [7, 11) is 0. The SMILES string of the molecule is NCCOCCOCCNC(=O)c1cccc(NC(=O)c2ccc(CN(C(=O)c3ccc4c(c3)OCC(=O)N4)C3CC3)cc2)c1. The summed E-state index contributed by atoms with van der Waals surface area (Å²) < 4.78 is 16.1. The number of carbonyl (C=O) groups excluding carboxylic acids is 4. The standard InChI is InChI=1S/C33H37N5O7/c34-12-14-43-16-17-44-15-13-35-31(40)24-2-1-3-26(18-24)36-32(41)23-6-4-22(5-7-23)20-38(27-9-10-27)33(42)25-8-11-28-29(19-25)45-21-30(39)37-28/h1-8,11,18-19,27H,9-10,12-17,20-21,34H2,(H,35,40)(H,36,41)(H,37,39). The van der Waals surface area contributed by atoms with Crippen LogP contribution < -0.4 is 26.4 Å². The Hall–Kier alpha value is -4.78. The largest absolute Gasteiger partial charge is 0.482 e. The lowest BCUT2D eigenvalue weighted by Crippen LogP contribution is -2.33. The van der Waals surface area contributed by atoms with Crippen molar-refractivity contribution in [3.05, 3.63) is 89.0 Å². The fourth-order valence-electron chi connectivity index (χ4n) is 4.77. The molecule has 12 nitrogen and oxygen atoms in total. The molecule has 1 fully saturated rings. The van der Waals surface area contributed by atoms with Crippen molar-refractivity contribution >= 4 is 35.0 Å². The molecule has 45 heavy (non-hydrogen) atoms. The molecule has 12 heteroatoms. The Morgan fingerprint density at radius 1 is 0.889 bits per heavy atom. The van der Waals surface area contributed by atoms with Crippen molar-refractivity contribution in [2.45, 2.75) is 25.4 Å². The van der Waals surface area contributed by atoms with E-state index in [1.54, 1.807) is 54.6 Å². The molecule has 0 bridgehead atoms. The number of amides is 4. The van der Waals surface area contributed by atoms with Gasteiger partial charge in [-0.15, -0.1) is 0 Å². The molecular weight excluding hydrogens is 578 g/mol. The number of carbonyl (C=O) groups is 4. The first-order valence-corrected chi connectivity index (χ1v) is 14.9. The van der Waals surface area contributed by atoms with Gasteiger partial charge in [-0.2, -0.15) is 0 Å². The zero-order valence-corrected chi connectivity index (χ0v) is 24.9. The highest BCUT2D eigenvalue weighted by molar-refractivity contribution is 6.05. The third-order valence-corrected chi connectivity index (χ3v) is 7.23. The first kappa shape index (κ1) is 31.6. The molecule has 3 aromatic carbocycles. The smallest absolute Gasteiger partial charge is 0.262 e. The van der Waals surface area contributed by atoms with Crippen LogP contribution in [0.2, 0.25) is 0 Å². The van der Waals surface area contributed by atoms with E-state index < -0.39 is 0 Å². The van der Waals surface area contributed by atoms with E-state index in [0.717, 1.165) is 18.4 Å². The number of hydrogen-bond donors (Lipinski definition) is 4. The van der Waals surface area contributed by atoms with Crippen molar-refractivity contribution in [3.8, 4) is 5.75 Å². The number of hydrogen-bond acceptors (Lipinski definition) is 8. The Bertz CT molecular complexity index is 1520. The minimum Gasteiger partial charge on any atom is -0.482 e. The van der Waals surface area contributed by atoms with Gasteiger partial charge in [0.15, 0.2) is 6.61 Å². The number of nitrogens with zero attached hydrogens (tertiary/aromatic N) is 1. The monoisotopic (exact) mass is 615 g/mol. The molecule has 5 N–H and O–H groups in total. The summed E-state index contributed by atoms with van der Waals surface area (Å²) in [6.07, 6.45) is 1.86. The van der Waals surface area contributed by atoms with E-state index in [1.165, 1.54) is 0 Å². The highest BCUT2D eigenvalue weighted by Crippen LogP contribution is 2.33. The Labute approximate surface area is 261 Å². The molecule has 1 aliphatic heterocycles. The van der Waals surface area contributed by atoms with Gasteiger partial charge >= 0.3 is 0 Å². The van der Waals surface area contributed by atoms with Gasteiger partial charge in [0.2, 0.25) is 0 Å². The van der Waals surface area contributed by atoms with Gasteiger partial charge in [-0.05, 0) is 66.9 Å². The minimum atomic E-state index is -0.319. The molecule has 0 radical (unpaired) electrons. The number of rotatable bonds is 15. The predicted molar refractivity (Wildman–Crippen MR) is 167 cm³/mol. The van der Waals surface area contributed by atoms with Crippen LogP contribution in [0.4, 0.5) is 11.4 Å². The van der Waals surface area contributed by atoms with E-state index in [2.05, 4.69) is 16.0 Å². The summed E-state index contributed by atoms with van der Waals surface area (Å²) in [5, 5.41) is 8.37. The summed E-state index contributed by atoms with van der Waals surface area (Å²) in [5.41, 5.74) is 8.63. The van der Waals surface area contributed by atoms with Crippen LogP contribution >= 0.6 is 0 Å². The average molecular weight is 616 g/mol. The Morgan fingerprint density at radius 3 is 2.40 bits per heavy atom. The lowest BCUT2D eigenvalue weighted by Gasteiger charge is -2.24. The number of nitrogens with one attached hydrogen (secondary N) is 3. The van der Waals surface area contributed by atoms with Gasteiger partial charge in [0.05, 0.1) is 32.1 Å². The molecule has 0 atom stereocenters. The molecule has 1 saturated carbocycles. The van der Waals surface area contributed by atoms with Crippen molar-refractivity contribution in [3.63, 3.8) is 0 Å². The second kappa shape index (κ2) is 15.3. The molecule has 4 amide bonds. The van der Waals surface area contributed by atoms with Crippen LogP contribution in [-0.2, 0) is 20.8 Å². The predicted octanol–water partition coefficient (Wildman–Crippen LogP) is 2.80. The second-order valence-corrected chi connectivity index (χ2v) is 10.7. The fraction of sp³-hybridized carbons (Fsp3) is 0.333. The molecule has 0 aromatic heterocycles. The number of nitrogens with two attached hydrogens (primary N) is 1. The molecule has 0 spiro atoms. The van der Waals surface area contributed by atoms with Crippen LogP contribution in [-0.4, -0.2) is 80.7 Å². The van der Waals surface area contributed by atoms with Crippen LogP contribution in [0.25, 0.3) is 0 Å². The van der Waals surface area contributed by atoms with Crippen molar-refractivity contribution in [2.24, 2.45) is 5.73 Å². The van der Waals surface area contributed by atoms with E-state index in [0.29, 0.717) is 79.9 Å². The minimum absolute atomic E-state index is 0.0823. The topological polar surface area (TPSA) is 161 Å². The zero-order chi connectivity index (χ0) is 31.6. The normalized spacial score (nSPS) is 13.7. The number of anilines is 2. The van der Waals surface area contributed by atoms with Crippen molar-refractivity contribution in [1.82, 2.24) is 10.2 Å². The maximum Gasteiger partial charge on any atom is 0.262 e. The third kappa shape index (κ3) is 8.88. The summed E-state index contributed by atoms with van der Waals surface area (Å²) >= 11 is 0. The lowest BCUT2D eigenvalue weighted by atomic mass is 10.1. The van der Waals surface area contributed by atoms with Gasteiger partial charge in [-0.3, -0.25) is 19.2 Å². The van der Waals surface area contributed by atoms with E-state index in [4.69, 9.17) is 19.9 Å². The quantitative estimate of drug-likeness (QED) is 0.190. The molecule has 1 heterocycles. The molecule has 2 aliphatic rings. The molecule has 5 rings (SSSR count). The van der Waals surface area contributed by atoms with Crippen molar-refractivity contribution in [2.75, 3.05) is 56.8 Å². The highest BCUT2D eigenvalue weighted by atomic mass is 16.5. The van der Waals surface area contributed by atoms with E-state index in [9.17, 15) is 19.2 Å². The second-order valence-electron chi connectivity index (χ2n) is 10.7. The van der Waals surface area contributed by atoms with Crippen LogP contribution in [0.5, 0.6) is 5.75 Å². The van der Waals surface area contributed by atoms with Crippen molar-refractivity contribution in [1.29, 1.82) is 0 Å². The number of ether oxygens (including phenoxy) is 3. The Morgan fingerprint density at radius 2 is 1.64 bits per heavy atom. The van der Waals surface area contributed by atoms with E-state index in [1.807, 2.05) is 17.0 Å². The van der Waals surface area contributed by atoms with Crippen LogP contribution in [0, 0.1) is 0 Å². The fourth-order valence-corrected chi connectivity index (χ4v) is 4.77. The average Bonchev–Trinajstić information content (AvgIpc) is 3.90. The number of benzene rings is 3. The van der Waals surface area contributed by atoms with Gasteiger partial charge in [-0.1, -0.05) is 18.2 Å². The molecule has 0 unspecified atom stereocenters. The van der Waals surface area contributed by atoms with E-state index in [-0.39, 0.29) is 36.3 Å². The van der Waals surface area contributed by atoms with Gasteiger partial charge in [0, 0.05) is 48.1 Å². The molecular formula is C33H37N5O7. The first-order valence-electron chi connectivity index (χ1n) is 14.9. The Kier molecular flexibility index (Phi) is 10.7. The lowest BCUT2D eigenvalue weighted by molar-refractivity contribution is -0.118. The summed E-state index contributed by atoms with van der Waals surface area (Å²) in [6, 6.07) is 19.0. The summed E-state index contributed by atoms with van der Waals surface area (Å²) in [5.74, 6) is -0.465. The maximum absolute atomic E-state index is 13.4. The van der Waals surface area contributed by atoms with Crippen LogP contribution in [0.15, 0.2) is 66.7 Å². The summed E-state index contributed by atoms with van der Waals surface area (Å²) in [6.45, 7) is 2.81. The van der Waals surface area contributed by atoms with Gasteiger partial charge in [0.1, 0.15) is 5.75 Å². The third-order valence-electron chi connectivity index (χ3n) is 7.23.